The highest BCUT2D eigenvalue weighted by Gasteiger charge is 2.23. The van der Waals surface area contributed by atoms with Crippen LogP contribution in [0, 0.1) is 6.92 Å². The van der Waals surface area contributed by atoms with E-state index >= 15 is 0 Å². The van der Waals surface area contributed by atoms with E-state index < -0.39 is 0 Å². The lowest BCUT2D eigenvalue weighted by molar-refractivity contribution is 0.317. The minimum Gasteiger partial charge on any atom is -0.317 e. The molecule has 0 unspecified atom stereocenters. The molecule has 3 rings (SSSR count). The molecule has 2 heterocycles. The van der Waals surface area contributed by atoms with Crippen LogP contribution < -0.4 is 0 Å². The van der Waals surface area contributed by atoms with E-state index in [9.17, 15) is 0 Å². The number of hydrogen-bond donors (Lipinski definition) is 0. The van der Waals surface area contributed by atoms with Gasteiger partial charge in [-0.15, -0.1) is 10.2 Å². The van der Waals surface area contributed by atoms with E-state index in [1.54, 1.807) is 6.33 Å². The summed E-state index contributed by atoms with van der Waals surface area (Å²) >= 11 is 6.07. The molecule has 0 N–H and O–H groups in total. The zero-order valence-corrected chi connectivity index (χ0v) is 12.4. The molecule has 1 aliphatic rings. The zero-order valence-electron chi connectivity index (χ0n) is 11.7. The molecule has 1 aromatic carbocycles. The molecule has 20 heavy (non-hydrogen) atoms. The van der Waals surface area contributed by atoms with Crippen molar-refractivity contribution in [3.63, 3.8) is 0 Å². The summed E-state index contributed by atoms with van der Waals surface area (Å²) in [5, 5.41) is 8.77. The Kier molecular flexibility index (Phi) is 4.03. The van der Waals surface area contributed by atoms with Crippen LogP contribution >= 0.6 is 11.6 Å². The summed E-state index contributed by atoms with van der Waals surface area (Å²) in [6.07, 6.45) is 3.02. The van der Waals surface area contributed by atoms with Crippen molar-refractivity contribution < 1.29 is 0 Å². The Balaban J connectivity index is 1.56. The van der Waals surface area contributed by atoms with E-state index in [0.717, 1.165) is 37.0 Å². The van der Waals surface area contributed by atoms with Gasteiger partial charge >= 0.3 is 0 Å². The van der Waals surface area contributed by atoms with Gasteiger partial charge in [-0.25, -0.2) is 0 Å². The molecule has 1 aromatic heterocycles. The van der Waals surface area contributed by atoms with Crippen LogP contribution in [0.3, 0.4) is 0 Å². The lowest BCUT2D eigenvalue weighted by Gasteiger charge is -2.16. The van der Waals surface area contributed by atoms with Gasteiger partial charge in [0.05, 0.1) is 0 Å². The maximum Gasteiger partial charge on any atom is 0.129 e. The Labute approximate surface area is 124 Å². The fourth-order valence-corrected chi connectivity index (χ4v) is 3.05. The van der Waals surface area contributed by atoms with Gasteiger partial charge in [0.25, 0.3) is 0 Å². The first-order valence-electron chi connectivity index (χ1n) is 7.04. The molecule has 0 saturated carbocycles. The minimum absolute atomic E-state index is 0.607. The number of benzene rings is 1. The average Bonchev–Trinajstić information content (AvgIpc) is 3.05. The maximum absolute atomic E-state index is 6.07. The minimum atomic E-state index is 0.607. The van der Waals surface area contributed by atoms with Crippen LogP contribution in [0.5, 0.6) is 0 Å². The Bertz CT molecular complexity index is 581. The number of aromatic nitrogens is 3. The first-order valence-corrected chi connectivity index (χ1v) is 7.42. The van der Waals surface area contributed by atoms with Crippen molar-refractivity contribution >= 4 is 11.6 Å². The summed E-state index contributed by atoms with van der Waals surface area (Å²) in [4.78, 5) is 2.50. The molecule has 1 atom stereocenters. The molecule has 1 saturated heterocycles. The van der Waals surface area contributed by atoms with Crippen LogP contribution in [0.1, 0.15) is 23.7 Å². The van der Waals surface area contributed by atoms with Gasteiger partial charge in [-0.3, -0.25) is 0 Å². The van der Waals surface area contributed by atoms with Crippen molar-refractivity contribution in [2.24, 2.45) is 0 Å². The van der Waals surface area contributed by atoms with Crippen LogP contribution in [0.2, 0.25) is 5.02 Å². The fraction of sp³-hybridized carbons (Fsp3) is 0.467. The van der Waals surface area contributed by atoms with Gasteiger partial charge in [0.2, 0.25) is 0 Å². The molecule has 0 amide bonds. The second kappa shape index (κ2) is 5.94. The van der Waals surface area contributed by atoms with Crippen molar-refractivity contribution in [3.05, 3.63) is 47.0 Å². The van der Waals surface area contributed by atoms with Gasteiger partial charge in [-0.05, 0) is 43.5 Å². The van der Waals surface area contributed by atoms with E-state index in [-0.39, 0.29) is 0 Å². The van der Waals surface area contributed by atoms with Crippen molar-refractivity contribution in [1.82, 2.24) is 19.7 Å². The third-order valence-corrected chi connectivity index (χ3v) is 4.29. The van der Waals surface area contributed by atoms with E-state index in [4.69, 9.17) is 11.6 Å². The summed E-state index contributed by atoms with van der Waals surface area (Å²) in [7, 11) is 0. The zero-order chi connectivity index (χ0) is 13.9. The van der Waals surface area contributed by atoms with Gasteiger partial charge in [0, 0.05) is 24.7 Å². The second-order valence-electron chi connectivity index (χ2n) is 5.41. The second-order valence-corrected chi connectivity index (χ2v) is 5.85. The Morgan fingerprint density at radius 1 is 1.35 bits per heavy atom. The van der Waals surface area contributed by atoms with Gasteiger partial charge < -0.3 is 9.47 Å². The monoisotopic (exact) mass is 290 g/mol. The van der Waals surface area contributed by atoms with E-state index in [1.165, 1.54) is 12.0 Å². The Hall–Kier alpha value is -1.39. The fourth-order valence-electron chi connectivity index (χ4n) is 2.85. The normalized spacial score (nSPS) is 19.6. The topological polar surface area (TPSA) is 34.0 Å². The van der Waals surface area contributed by atoms with Gasteiger partial charge in [-0.1, -0.05) is 23.7 Å². The largest absolute Gasteiger partial charge is 0.317 e. The molecular formula is C15H19ClN4. The van der Waals surface area contributed by atoms with Crippen LogP contribution in [0.4, 0.5) is 0 Å². The van der Waals surface area contributed by atoms with E-state index in [2.05, 4.69) is 31.8 Å². The Morgan fingerprint density at radius 2 is 2.25 bits per heavy atom. The van der Waals surface area contributed by atoms with Crippen LogP contribution in [-0.4, -0.2) is 39.3 Å². The van der Waals surface area contributed by atoms with Crippen LogP contribution in [0.15, 0.2) is 30.6 Å². The predicted molar refractivity (Wildman–Crippen MR) is 80.0 cm³/mol. The maximum atomic E-state index is 6.07. The smallest absolute Gasteiger partial charge is 0.129 e. The van der Waals surface area contributed by atoms with Crippen molar-refractivity contribution in [2.75, 3.05) is 19.6 Å². The van der Waals surface area contributed by atoms with Crippen LogP contribution in [0.25, 0.3) is 0 Å². The number of likely N-dealkylation sites (tertiary alicyclic amines) is 1. The van der Waals surface area contributed by atoms with Gasteiger partial charge in [0.1, 0.15) is 12.2 Å². The SMILES string of the molecule is Cc1nncn1CCN1CC[C@H](c2cccc(Cl)c2)C1. The van der Waals surface area contributed by atoms with Crippen molar-refractivity contribution in [3.8, 4) is 0 Å². The van der Waals surface area contributed by atoms with E-state index in [1.807, 2.05) is 19.1 Å². The Morgan fingerprint density at radius 3 is 3.00 bits per heavy atom. The molecule has 2 aromatic rings. The number of hydrogen-bond acceptors (Lipinski definition) is 3. The highest BCUT2D eigenvalue weighted by atomic mass is 35.5. The van der Waals surface area contributed by atoms with Crippen molar-refractivity contribution in [1.29, 1.82) is 0 Å². The van der Waals surface area contributed by atoms with Crippen molar-refractivity contribution in [2.45, 2.75) is 25.8 Å². The quantitative estimate of drug-likeness (QED) is 0.868. The standard InChI is InChI=1S/C15H19ClN4/c1-12-18-17-11-20(12)8-7-19-6-5-14(10-19)13-3-2-4-15(16)9-13/h2-4,9,11,14H,5-8,10H2,1H3/t14-/m0/s1. The van der Waals surface area contributed by atoms with E-state index in [0.29, 0.717) is 5.92 Å². The molecule has 5 heteroatoms. The summed E-state index contributed by atoms with van der Waals surface area (Å²) < 4.78 is 2.10. The molecule has 0 radical (unpaired) electrons. The first kappa shape index (κ1) is 13.6. The number of nitrogens with zero attached hydrogens (tertiary/aromatic N) is 4. The number of aryl methyl sites for hydroxylation is 1. The third-order valence-electron chi connectivity index (χ3n) is 4.06. The molecule has 4 nitrogen and oxygen atoms in total. The molecule has 106 valence electrons. The van der Waals surface area contributed by atoms with Gasteiger partial charge in [-0.2, -0.15) is 0 Å². The van der Waals surface area contributed by atoms with Gasteiger partial charge in [0.15, 0.2) is 0 Å². The molecule has 0 spiro atoms. The number of rotatable bonds is 4. The third kappa shape index (κ3) is 3.02. The lowest BCUT2D eigenvalue weighted by atomic mass is 9.99. The molecular weight excluding hydrogens is 272 g/mol. The predicted octanol–water partition coefficient (Wildman–Crippen LogP) is 2.73. The molecule has 1 fully saturated rings. The highest BCUT2D eigenvalue weighted by Crippen LogP contribution is 2.28. The first-order chi connectivity index (χ1) is 9.72. The lowest BCUT2D eigenvalue weighted by Crippen LogP contribution is -2.25. The van der Waals surface area contributed by atoms with Crippen LogP contribution in [-0.2, 0) is 6.54 Å². The summed E-state index contributed by atoms with van der Waals surface area (Å²) in [6.45, 7) is 6.27. The average molecular weight is 291 g/mol. The summed E-state index contributed by atoms with van der Waals surface area (Å²) in [5.41, 5.74) is 1.36. The number of halogens is 1. The molecule has 0 bridgehead atoms. The summed E-state index contributed by atoms with van der Waals surface area (Å²) in [5.74, 6) is 1.59. The molecule has 0 aliphatic carbocycles. The highest BCUT2D eigenvalue weighted by molar-refractivity contribution is 6.30. The summed E-state index contributed by atoms with van der Waals surface area (Å²) in [6, 6.07) is 8.26. The molecule has 1 aliphatic heterocycles.